The van der Waals surface area contributed by atoms with Crippen molar-refractivity contribution in [3.8, 4) is 5.75 Å². The zero-order valence-electron chi connectivity index (χ0n) is 10.0. The van der Waals surface area contributed by atoms with Crippen LogP contribution < -0.4 is 10.5 Å². The number of ether oxygens (including phenoxy) is 1. The largest absolute Gasteiger partial charge is 0.493 e. The minimum Gasteiger partial charge on any atom is -0.493 e. The second-order valence-electron chi connectivity index (χ2n) is 4.57. The first-order chi connectivity index (χ1) is 8.20. The standard InChI is InChI=1S/C13H18N2O2/c1-9-2-5-11(13(14)15-16)12(8-9)17-7-6-10-3-4-10/h2,5,8,10,16H,3-4,6-7H2,1H3,(H2,14,15). The van der Waals surface area contributed by atoms with Crippen LogP contribution in [0, 0.1) is 12.8 Å². The Morgan fingerprint density at radius 1 is 1.53 bits per heavy atom. The molecule has 3 N–H and O–H groups in total. The summed E-state index contributed by atoms with van der Waals surface area (Å²) in [7, 11) is 0. The first kappa shape index (κ1) is 11.8. The Labute approximate surface area is 101 Å². The average molecular weight is 234 g/mol. The summed E-state index contributed by atoms with van der Waals surface area (Å²) in [5, 5.41) is 11.7. The lowest BCUT2D eigenvalue weighted by Crippen LogP contribution is -2.15. The third-order valence-electron chi connectivity index (χ3n) is 3.00. The van der Waals surface area contributed by atoms with Crippen LogP contribution in [0.3, 0.4) is 0 Å². The van der Waals surface area contributed by atoms with Gasteiger partial charge in [0.15, 0.2) is 5.84 Å². The summed E-state index contributed by atoms with van der Waals surface area (Å²) in [6.07, 6.45) is 3.73. The average Bonchev–Trinajstić information content (AvgIpc) is 3.12. The molecule has 1 fully saturated rings. The van der Waals surface area contributed by atoms with Crippen LogP contribution in [0.1, 0.15) is 30.4 Å². The summed E-state index contributed by atoms with van der Waals surface area (Å²) in [6, 6.07) is 5.65. The van der Waals surface area contributed by atoms with E-state index in [1.54, 1.807) is 0 Å². The van der Waals surface area contributed by atoms with Crippen LogP contribution in [0.15, 0.2) is 23.4 Å². The maximum atomic E-state index is 8.71. The monoisotopic (exact) mass is 234 g/mol. The van der Waals surface area contributed by atoms with Crippen molar-refractivity contribution in [1.29, 1.82) is 0 Å². The molecule has 4 nitrogen and oxygen atoms in total. The molecule has 0 heterocycles. The highest BCUT2D eigenvalue weighted by Crippen LogP contribution is 2.32. The van der Waals surface area contributed by atoms with Gasteiger partial charge in [0.1, 0.15) is 5.75 Å². The molecule has 0 amide bonds. The van der Waals surface area contributed by atoms with Crippen molar-refractivity contribution in [1.82, 2.24) is 0 Å². The number of rotatable bonds is 5. The van der Waals surface area contributed by atoms with Gasteiger partial charge in [0.05, 0.1) is 12.2 Å². The number of hydrogen-bond acceptors (Lipinski definition) is 3. The fourth-order valence-electron chi connectivity index (χ4n) is 1.76. The Hall–Kier alpha value is -1.71. The quantitative estimate of drug-likeness (QED) is 0.355. The minimum absolute atomic E-state index is 0.0893. The van der Waals surface area contributed by atoms with Crippen molar-refractivity contribution in [2.75, 3.05) is 6.61 Å². The lowest BCUT2D eigenvalue weighted by Gasteiger charge is -2.11. The van der Waals surface area contributed by atoms with E-state index >= 15 is 0 Å². The summed E-state index contributed by atoms with van der Waals surface area (Å²) in [6.45, 7) is 2.68. The zero-order chi connectivity index (χ0) is 12.3. The highest BCUT2D eigenvalue weighted by molar-refractivity contribution is 5.99. The summed E-state index contributed by atoms with van der Waals surface area (Å²) in [5.74, 6) is 1.62. The molecule has 0 aliphatic heterocycles. The third-order valence-corrected chi connectivity index (χ3v) is 3.00. The van der Waals surface area contributed by atoms with Crippen molar-refractivity contribution in [3.63, 3.8) is 0 Å². The molecule has 1 aromatic carbocycles. The molecule has 0 bridgehead atoms. The fourth-order valence-corrected chi connectivity index (χ4v) is 1.76. The van der Waals surface area contributed by atoms with Crippen molar-refractivity contribution in [2.24, 2.45) is 16.8 Å². The first-order valence-corrected chi connectivity index (χ1v) is 5.92. The van der Waals surface area contributed by atoms with Crippen LogP contribution in [0.25, 0.3) is 0 Å². The summed E-state index contributed by atoms with van der Waals surface area (Å²) < 4.78 is 5.72. The molecule has 1 saturated carbocycles. The summed E-state index contributed by atoms with van der Waals surface area (Å²) in [5.41, 5.74) is 7.35. The Bertz CT molecular complexity index is 425. The number of benzene rings is 1. The molecular weight excluding hydrogens is 216 g/mol. The Balaban J connectivity index is 2.08. The minimum atomic E-state index is 0.0893. The lowest BCUT2D eigenvalue weighted by atomic mass is 10.1. The second kappa shape index (κ2) is 5.08. The predicted octanol–water partition coefficient (Wildman–Crippen LogP) is 2.27. The molecule has 1 aliphatic rings. The van der Waals surface area contributed by atoms with Crippen LogP contribution in [-0.4, -0.2) is 17.6 Å². The zero-order valence-corrected chi connectivity index (χ0v) is 10.0. The fraction of sp³-hybridized carbons (Fsp3) is 0.462. The van der Waals surface area contributed by atoms with E-state index in [-0.39, 0.29) is 5.84 Å². The molecule has 1 aliphatic carbocycles. The van der Waals surface area contributed by atoms with Crippen LogP contribution in [0.5, 0.6) is 5.75 Å². The van der Waals surface area contributed by atoms with Crippen molar-refractivity contribution in [2.45, 2.75) is 26.2 Å². The van der Waals surface area contributed by atoms with Gasteiger partial charge in [-0.2, -0.15) is 0 Å². The molecule has 1 aromatic rings. The second-order valence-corrected chi connectivity index (χ2v) is 4.57. The van der Waals surface area contributed by atoms with Crippen molar-refractivity contribution in [3.05, 3.63) is 29.3 Å². The van der Waals surface area contributed by atoms with E-state index in [4.69, 9.17) is 15.7 Å². The van der Waals surface area contributed by atoms with E-state index in [1.807, 2.05) is 25.1 Å². The molecule has 4 heteroatoms. The van der Waals surface area contributed by atoms with Crippen LogP contribution >= 0.6 is 0 Å². The van der Waals surface area contributed by atoms with Crippen LogP contribution in [0.4, 0.5) is 0 Å². The molecule has 2 rings (SSSR count). The highest BCUT2D eigenvalue weighted by atomic mass is 16.5. The molecule has 0 radical (unpaired) electrons. The molecule has 0 spiro atoms. The van der Waals surface area contributed by atoms with Gasteiger partial charge in [-0.25, -0.2) is 0 Å². The van der Waals surface area contributed by atoms with Crippen molar-refractivity contribution < 1.29 is 9.94 Å². The van der Waals surface area contributed by atoms with Gasteiger partial charge in [0.2, 0.25) is 0 Å². The van der Waals surface area contributed by atoms with Crippen LogP contribution in [0.2, 0.25) is 0 Å². The topological polar surface area (TPSA) is 67.8 Å². The van der Waals surface area contributed by atoms with E-state index < -0.39 is 0 Å². The van der Waals surface area contributed by atoms with E-state index in [1.165, 1.54) is 12.8 Å². The first-order valence-electron chi connectivity index (χ1n) is 5.92. The van der Waals surface area contributed by atoms with Gasteiger partial charge in [-0.1, -0.05) is 24.1 Å². The van der Waals surface area contributed by atoms with E-state index in [0.29, 0.717) is 17.9 Å². The van der Waals surface area contributed by atoms with E-state index in [2.05, 4.69) is 5.16 Å². The van der Waals surface area contributed by atoms with Crippen molar-refractivity contribution >= 4 is 5.84 Å². The summed E-state index contributed by atoms with van der Waals surface area (Å²) in [4.78, 5) is 0. The SMILES string of the molecule is Cc1ccc(/C(N)=N/O)c(OCCC2CC2)c1. The van der Waals surface area contributed by atoms with E-state index in [9.17, 15) is 0 Å². The van der Waals surface area contributed by atoms with Gasteiger partial charge in [-0.3, -0.25) is 0 Å². The maximum Gasteiger partial charge on any atom is 0.173 e. The van der Waals surface area contributed by atoms with Crippen LogP contribution in [-0.2, 0) is 0 Å². The maximum absolute atomic E-state index is 8.71. The number of amidine groups is 1. The molecular formula is C13H18N2O2. The number of nitrogens with two attached hydrogens (primary N) is 1. The van der Waals surface area contributed by atoms with Gasteiger partial charge < -0.3 is 15.7 Å². The molecule has 92 valence electrons. The van der Waals surface area contributed by atoms with Gasteiger partial charge in [-0.15, -0.1) is 0 Å². The Morgan fingerprint density at radius 3 is 2.94 bits per heavy atom. The molecule has 0 saturated heterocycles. The molecule has 17 heavy (non-hydrogen) atoms. The normalized spacial score (nSPS) is 15.9. The smallest absolute Gasteiger partial charge is 0.173 e. The Kier molecular flexibility index (Phi) is 3.52. The van der Waals surface area contributed by atoms with Gasteiger partial charge >= 0.3 is 0 Å². The third kappa shape index (κ3) is 3.12. The number of oxime groups is 1. The predicted molar refractivity (Wildman–Crippen MR) is 66.5 cm³/mol. The molecule has 0 aromatic heterocycles. The van der Waals surface area contributed by atoms with Gasteiger partial charge in [-0.05, 0) is 37.0 Å². The Morgan fingerprint density at radius 2 is 2.29 bits per heavy atom. The molecule has 0 unspecified atom stereocenters. The van der Waals surface area contributed by atoms with E-state index in [0.717, 1.165) is 17.9 Å². The number of nitrogens with zero attached hydrogens (tertiary/aromatic N) is 1. The van der Waals surface area contributed by atoms with Gasteiger partial charge in [0, 0.05) is 0 Å². The summed E-state index contributed by atoms with van der Waals surface area (Å²) >= 11 is 0. The number of aryl methyl sites for hydroxylation is 1. The highest BCUT2D eigenvalue weighted by Gasteiger charge is 2.21. The molecule has 0 atom stereocenters. The lowest BCUT2D eigenvalue weighted by molar-refractivity contribution is 0.300. The van der Waals surface area contributed by atoms with Gasteiger partial charge in [0.25, 0.3) is 0 Å². The number of hydrogen-bond donors (Lipinski definition) is 2.